The highest BCUT2D eigenvalue weighted by Crippen LogP contribution is 2.33. The number of carbonyl (C=O) groups is 2. The lowest BCUT2D eigenvalue weighted by atomic mass is 9.94. The molecule has 1 aliphatic rings. The Hall–Kier alpha value is -3.87. The van der Waals surface area contributed by atoms with Gasteiger partial charge in [-0.3, -0.25) is 9.59 Å². The standard InChI is InChI=1S/C28H30FN3O3/c1-19-22(17-30-24-13-11-20(25(29)16-24)12-14-27(34)35)10-9-21-6-5-15-32(28(19)21)18-26(33)31-23-7-3-2-4-8-23/h2-4,7-11,13,16,30H,5-6,12,14-15,17-18H2,1H3,(H,31,33)(H,34,35). The largest absolute Gasteiger partial charge is 0.481 e. The van der Waals surface area contributed by atoms with Gasteiger partial charge in [0.05, 0.1) is 6.54 Å². The van der Waals surface area contributed by atoms with E-state index in [0.717, 1.165) is 41.9 Å². The molecule has 3 aromatic rings. The van der Waals surface area contributed by atoms with Crippen molar-refractivity contribution in [3.05, 3.63) is 88.7 Å². The number of amides is 1. The Bertz CT molecular complexity index is 1210. The van der Waals surface area contributed by atoms with Gasteiger partial charge in [-0.2, -0.15) is 0 Å². The molecule has 7 heteroatoms. The molecule has 0 aromatic heterocycles. The van der Waals surface area contributed by atoms with Crippen LogP contribution >= 0.6 is 0 Å². The van der Waals surface area contributed by atoms with Crippen LogP contribution in [0.25, 0.3) is 0 Å². The van der Waals surface area contributed by atoms with Gasteiger partial charge in [0.2, 0.25) is 5.91 Å². The fraction of sp³-hybridized carbons (Fsp3) is 0.286. The van der Waals surface area contributed by atoms with Gasteiger partial charge in [-0.15, -0.1) is 0 Å². The Morgan fingerprint density at radius 2 is 1.80 bits per heavy atom. The molecule has 3 N–H and O–H groups in total. The maximum Gasteiger partial charge on any atom is 0.303 e. The zero-order valence-corrected chi connectivity index (χ0v) is 19.8. The van der Waals surface area contributed by atoms with Crippen LogP contribution in [-0.4, -0.2) is 30.1 Å². The molecule has 0 spiro atoms. The molecule has 6 nitrogen and oxygen atoms in total. The van der Waals surface area contributed by atoms with Crippen LogP contribution in [0.4, 0.5) is 21.5 Å². The van der Waals surface area contributed by atoms with Crippen LogP contribution in [0.1, 0.15) is 35.1 Å². The molecule has 182 valence electrons. The summed E-state index contributed by atoms with van der Waals surface area (Å²) in [5.41, 5.74) is 6.35. The van der Waals surface area contributed by atoms with Gasteiger partial charge in [0.25, 0.3) is 0 Å². The lowest BCUT2D eigenvalue weighted by Gasteiger charge is -2.33. The van der Waals surface area contributed by atoms with Crippen molar-refractivity contribution in [3.63, 3.8) is 0 Å². The van der Waals surface area contributed by atoms with Crippen molar-refractivity contribution in [2.45, 2.75) is 39.2 Å². The smallest absolute Gasteiger partial charge is 0.303 e. The number of nitrogens with one attached hydrogen (secondary N) is 2. The van der Waals surface area contributed by atoms with Gasteiger partial charge >= 0.3 is 5.97 Å². The molecule has 0 radical (unpaired) electrons. The van der Waals surface area contributed by atoms with Crippen molar-refractivity contribution in [3.8, 4) is 0 Å². The molecule has 0 aliphatic carbocycles. The third-order valence-corrected chi connectivity index (χ3v) is 6.35. The summed E-state index contributed by atoms with van der Waals surface area (Å²) in [6.45, 7) is 3.68. The average molecular weight is 476 g/mol. The molecule has 0 fully saturated rings. The van der Waals surface area contributed by atoms with Crippen molar-refractivity contribution in [2.24, 2.45) is 0 Å². The first-order chi connectivity index (χ1) is 16.9. The SMILES string of the molecule is Cc1c(CNc2ccc(CCC(=O)O)c(F)c2)ccc2c1N(CC(=O)Nc1ccccc1)CCC2. The second kappa shape index (κ2) is 11.0. The highest BCUT2D eigenvalue weighted by atomic mass is 19.1. The molecule has 1 amide bonds. The number of rotatable bonds is 9. The Labute approximate surface area is 204 Å². The van der Waals surface area contributed by atoms with Gasteiger partial charge in [0.1, 0.15) is 5.82 Å². The summed E-state index contributed by atoms with van der Waals surface area (Å²) in [6.07, 6.45) is 2.04. The van der Waals surface area contributed by atoms with E-state index in [2.05, 4.69) is 34.6 Å². The monoisotopic (exact) mass is 475 g/mol. The van der Waals surface area contributed by atoms with Crippen LogP contribution in [-0.2, 0) is 29.0 Å². The van der Waals surface area contributed by atoms with Crippen molar-refractivity contribution >= 4 is 28.9 Å². The molecule has 0 saturated heterocycles. The van der Waals surface area contributed by atoms with Crippen LogP contribution in [0.15, 0.2) is 60.7 Å². The highest BCUT2D eigenvalue weighted by Gasteiger charge is 2.22. The minimum atomic E-state index is -0.943. The van der Waals surface area contributed by atoms with E-state index in [9.17, 15) is 14.0 Å². The van der Waals surface area contributed by atoms with Crippen LogP contribution in [0.3, 0.4) is 0 Å². The van der Waals surface area contributed by atoms with E-state index < -0.39 is 11.8 Å². The number of carbonyl (C=O) groups excluding carboxylic acids is 1. The molecule has 0 atom stereocenters. The van der Waals surface area contributed by atoms with Crippen molar-refractivity contribution in [2.75, 3.05) is 28.6 Å². The summed E-state index contributed by atoms with van der Waals surface area (Å²) in [4.78, 5) is 25.6. The molecular weight excluding hydrogens is 445 g/mol. The van der Waals surface area contributed by atoms with Gasteiger partial charge in [-0.1, -0.05) is 36.4 Å². The lowest BCUT2D eigenvalue weighted by Crippen LogP contribution is -2.37. The highest BCUT2D eigenvalue weighted by molar-refractivity contribution is 5.94. The van der Waals surface area contributed by atoms with E-state index in [4.69, 9.17) is 5.11 Å². The number of carboxylic acid groups (broad SMARTS) is 1. The van der Waals surface area contributed by atoms with Crippen LogP contribution in [0.5, 0.6) is 0 Å². The van der Waals surface area contributed by atoms with Gasteiger partial charge in [0.15, 0.2) is 0 Å². The fourth-order valence-electron chi connectivity index (χ4n) is 4.56. The minimum absolute atomic E-state index is 0.0505. The Kier molecular flexibility index (Phi) is 7.65. The maximum absolute atomic E-state index is 14.4. The second-order valence-electron chi connectivity index (χ2n) is 8.85. The van der Waals surface area contributed by atoms with E-state index >= 15 is 0 Å². The predicted molar refractivity (Wildman–Crippen MR) is 136 cm³/mol. The molecule has 1 heterocycles. The number of carboxylic acids is 1. The van der Waals surface area contributed by atoms with Gasteiger partial charge < -0.3 is 20.6 Å². The number of hydrogen-bond acceptors (Lipinski definition) is 4. The third kappa shape index (κ3) is 6.18. The summed E-state index contributed by atoms with van der Waals surface area (Å²) in [7, 11) is 0. The summed E-state index contributed by atoms with van der Waals surface area (Å²) in [5, 5.41) is 15.1. The van der Waals surface area contributed by atoms with E-state index in [1.807, 2.05) is 30.3 Å². The molecule has 3 aromatic carbocycles. The minimum Gasteiger partial charge on any atom is -0.481 e. The zero-order chi connectivity index (χ0) is 24.8. The average Bonchev–Trinajstić information content (AvgIpc) is 2.83. The van der Waals surface area contributed by atoms with Crippen LogP contribution in [0, 0.1) is 12.7 Å². The summed E-state index contributed by atoms with van der Waals surface area (Å²) < 4.78 is 14.4. The van der Waals surface area contributed by atoms with E-state index in [-0.39, 0.29) is 25.3 Å². The molecule has 1 aliphatic heterocycles. The molecular formula is C28H30FN3O3. The Morgan fingerprint density at radius 3 is 2.54 bits per heavy atom. The number of hydrogen-bond donors (Lipinski definition) is 3. The topological polar surface area (TPSA) is 81.7 Å². The number of aliphatic carboxylic acids is 1. The molecule has 0 unspecified atom stereocenters. The number of nitrogens with zero attached hydrogens (tertiary/aromatic N) is 1. The zero-order valence-electron chi connectivity index (χ0n) is 19.8. The number of aryl methyl sites for hydroxylation is 2. The normalized spacial score (nSPS) is 12.7. The molecule has 0 bridgehead atoms. The molecule has 0 saturated carbocycles. The number of halogens is 1. The number of anilines is 3. The third-order valence-electron chi connectivity index (χ3n) is 6.35. The van der Waals surface area contributed by atoms with E-state index in [1.165, 1.54) is 11.6 Å². The summed E-state index contributed by atoms with van der Waals surface area (Å²) >= 11 is 0. The van der Waals surface area contributed by atoms with Crippen molar-refractivity contribution in [1.29, 1.82) is 0 Å². The summed E-state index contributed by atoms with van der Waals surface area (Å²) in [5.74, 6) is -1.40. The summed E-state index contributed by atoms with van der Waals surface area (Å²) in [6, 6.07) is 18.5. The van der Waals surface area contributed by atoms with Gasteiger partial charge in [-0.05, 0) is 72.7 Å². The number of benzene rings is 3. The first-order valence-electron chi connectivity index (χ1n) is 11.9. The first kappa shape index (κ1) is 24.3. The Morgan fingerprint density at radius 1 is 1.03 bits per heavy atom. The maximum atomic E-state index is 14.4. The molecule has 4 rings (SSSR count). The predicted octanol–water partition coefficient (Wildman–Crippen LogP) is 5.15. The van der Waals surface area contributed by atoms with Crippen molar-refractivity contribution in [1.82, 2.24) is 0 Å². The van der Waals surface area contributed by atoms with E-state index in [0.29, 0.717) is 17.8 Å². The first-order valence-corrected chi connectivity index (χ1v) is 11.9. The van der Waals surface area contributed by atoms with Crippen LogP contribution in [0.2, 0.25) is 0 Å². The van der Waals surface area contributed by atoms with Crippen molar-refractivity contribution < 1.29 is 19.1 Å². The van der Waals surface area contributed by atoms with Gasteiger partial charge in [0, 0.05) is 36.6 Å². The second-order valence-corrected chi connectivity index (χ2v) is 8.85. The van der Waals surface area contributed by atoms with E-state index in [1.54, 1.807) is 12.1 Å². The fourth-order valence-corrected chi connectivity index (χ4v) is 4.56. The Balaban J connectivity index is 1.45. The number of fused-ring (bicyclic) bond motifs is 1. The number of para-hydroxylation sites is 1. The molecule has 35 heavy (non-hydrogen) atoms. The lowest BCUT2D eigenvalue weighted by molar-refractivity contribution is -0.137. The van der Waals surface area contributed by atoms with Crippen LogP contribution < -0.4 is 15.5 Å². The quantitative estimate of drug-likeness (QED) is 0.399. The van der Waals surface area contributed by atoms with Gasteiger partial charge in [-0.25, -0.2) is 4.39 Å².